The van der Waals surface area contributed by atoms with Crippen LogP contribution in [0.4, 0.5) is 0 Å². The largest absolute Gasteiger partial charge is 0.351 e. The van der Waals surface area contributed by atoms with Crippen molar-refractivity contribution in [3.63, 3.8) is 0 Å². The van der Waals surface area contributed by atoms with Crippen LogP contribution in [0, 0.1) is 0 Å². The second-order valence-electron chi connectivity index (χ2n) is 4.33. The molecule has 4 nitrogen and oxygen atoms in total. The molecule has 0 saturated carbocycles. The Morgan fingerprint density at radius 3 is 2.78 bits per heavy atom. The highest BCUT2D eigenvalue weighted by Crippen LogP contribution is 2.15. The van der Waals surface area contributed by atoms with Gasteiger partial charge in [0, 0.05) is 43.7 Å². The van der Waals surface area contributed by atoms with Crippen LogP contribution >= 0.6 is 15.9 Å². The van der Waals surface area contributed by atoms with Crippen LogP contribution in [-0.2, 0) is 0 Å². The summed E-state index contributed by atoms with van der Waals surface area (Å²) in [5.74, 6) is -0.0161. The molecule has 1 amide bonds. The normalized spacial score (nSPS) is 16.5. The van der Waals surface area contributed by atoms with E-state index in [4.69, 9.17) is 0 Å². The molecule has 2 rings (SSSR count). The number of amides is 1. The molecule has 0 spiro atoms. The molecule has 1 aliphatic rings. The number of nitrogens with one attached hydrogen (secondary N) is 2. The van der Waals surface area contributed by atoms with Gasteiger partial charge in [0.2, 0.25) is 0 Å². The molecule has 1 aliphatic heterocycles. The van der Waals surface area contributed by atoms with E-state index in [1.165, 1.54) is 0 Å². The topological polar surface area (TPSA) is 44.4 Å². The Bertz CT molecular complexity index is 405. The van der Waals surface area contributed by atoms with Crippen LogP contribution in [0.5, 0.6) is 0 Å². The molecule has 0 bridgehead atoms. The van der Waals surface area contributed by atoms with Crippen molar-refractivity contribution in [1.29, 1.82) is 0 Å². The Hall–Kier alpha value is -0.910. The lowest BCUT2D eigenvalue weighted by atomic mass is 10.2. The average Bonchev–Trinajstić information content (AvgIpc) is 2.40. The van der Waals surface area contributed by atoms with E-state index in [1.54, 1.807) is 0 Å². The maximum Gasteiger partial charge on any atom is 0.252 e. The third kappa shape index (κ3) is 3.80. The van der Waals surface area contributed by atoms with Crippen molar-refractivity contribution in [2.75, 3.05) is 39.3 Å². The lowest BCUT2D eigenvalue weighted by molar-refractivity contribution is 0.0946. The number of nitrogens with zero attached hydrogens (tertiary/aromatic N) is 1. The van der Waals surface area contributed by atoms with Crippen LogP contribution in [-0.4, -0.2) is 50.1 Å². The minimum absolute atomic E-state index is 0.0161. The first-order chi connectivity index (χ1) is 8.77. The minimum atomic E-state index is -0.0161. The second kappa shape index (κ2) is 6.87. The quantitative estimate of drug-likeness (QED) is 0.875. The van der Waals surface area contributed by atoms with Gasteiger partial charge in [-0.3, -0.25) is 9.69 Å². The SMILES string of the molecule is O=C(NCCN1CCNCC1)c1ccccc1Br. The maximum atomic E-state index is 11.9. The van der Waals surface area contributed by atoms with Gasteiger partial charge in [0.05, 0.1) is 5.56 Å². The fraction of sp³-hybridized carbons (Fsp3) is 0.462. The molecule has 1 aromatic rings. The number of carbonyl (C=O) groups is 1. The van der Waals surface area contributed by atoms with E-state index in [9.17, 15) is 4.79 Å². The molecule has 0 unspecified atom stereocenters. The smallest absolute Gasteiger partial charge is 0.252 e. The summed E-state index contributed by atoms with van der Waals surface area (Å²) >= 11 is 3.39. The van der Waals surface area contributed by atoms with Crippen LogP contribution in [0.1, 0.15) is 10.4 Å². The van der Waals surface area contributed by atoms with Crippen LogP contribution in [0.15, 0.2) is 28.7 Å². The van der Waals surface area contributed by atoms with E-state index in [-0.39, 0.29) is 5.91 Å². The number of benzene rings is 1. The summed E-state index contributed by atoms with van der Waals surface area (Å²) in [6.45, 7) is 5.81. The number of rotatable bonds is 4. The van der Waals surface area contributed by atoms with E-state index in [0.29, 0.717) is 12.1 Å². The van der Waals surface area contributed by atoms with Gasteiger partial charge in [-0.2, -0.15) is 0 Å². The highest BCUT2D eigenvalue weighted by atomic mass is 79.9. The molecule has 5 heteroatoms. The molecule has 0 aliphatic carbocycles. The number of carbonyl (C=O) groups excluding carboxylic acids is 1. The van der Waals surface area contributed by atoms with E-state index in [1.807, 2.05) is 24.3 Å². The third-order valence-electron chi connectivity index (χ3n) is 3.04. The summed E-state index contributed by atoms with van der Waals surface area (Å²) in [6.07, 6.45) is 0. The van der Waals surface area contributed by atoms with Crippen molar-refractivity contribution in [2.45, 2.75) is 0 Å². The van der Waals surface area contributed by atoms with Gasteiger partial charge in [0.15, 0.2) is 0 Å². The van der Waals surface area contributed by atoms with Crippen LogP contribution in [0.25, 0.3) is 0 Å². The molecular formula is C13H18BrN3O. The molecule has 0 aromatic heterocycles. The van der Waals surface area contributed by atoms with Crippen molar-refractivity contribution >= 4 is 21.8 Å². The highest BCUT2D eigenvalue weighted by molar-refractivity contribution is 9.10. The first-order valence-electron chi connectivity index (χ1n) is 6.23. The van der Waals surface area contributed by atoms with E-state index in [0.717, 1.165) is 37.2 Å². The van der Waals surface area contributed by atoms with Crippen molar-refractivity contribution < 1.29 is 4.79 Å². The van der Waals surface area contributed by atoms with E-state index >= 15 is 0 Å². The number of hydrogen-bond acceptors (Lipinski definition) is 3. The van der Waals surface area contributed by atoms with Gasteiger partial charge in [-0.05, 0) is 28.1 Å². The Kier molecular flexibility index (Phi) is 5.16. The predicted octanol–water partition coefficient (Wildman–Crippen LogP) is 1.08. The monoisotopic (exact) mass is 311 g/mol. The summed E-state index contributed by atoms with van der Waals surface area (Å²) in [6, 6.07) is 7.48. The van der Waals surface area contributed by atoms with Crippen molar-refractivity contribution in [3.05, 3.63) is 34.3 Å². The average molecular weight is 312 g/mol. The van der Waals surface area contributed by atoms with Gasteiger partial charge >= 0.3 is 0 Å². The van der Waals surface area contributed by atoms with E-state index < -0.39 is 0 Å². The zero-order chi connectivity index (χ0) is 12.8. The first kappa shape index (κ1) is 13.5. The summed E-state index contributed by atoms with van der Waals surface area (Å²) in [5, 5.41) is 6.27. The van der Waals surface area contributed by atoms with Crippen molar-refractivity contribution in [2.24, 2.45) is 0 Å². The Balaban J connectivity index is 1.76. The molecule has 0 radical (unpaired) electrons. The van der Waals surface area contributed by atoms with Crippen molar-refractivity contribution in [3.8, 4) is 0 Å². The Labute approximate surface area is 116 Å². The molecule has 1 heterocycles. The van der Waals surface area contributed by atoms with Gasteiger partial charge in [0.25, 0.3) is 5.91 Å². The molecule has 0 atom stereocenters. The van der Waals surface area contributed by atoms with E-state index in [2.05, 4.69) is 31.5 Å². The van der Waals surface area contributed by atoms with Crippen LogP contribution in [0.2, 0.25) is 0 Å². The van der Waals surface area contributed by atoms with Crippen LogP contribution in [0.3, 0.4) is 0 Å². The zero-order valence-electron chi connectivity index (χ0n) is 10.3. The number of hydrogen-bond donors (Lipinski definition) is 2. The summed E-state index contributed by atoms with van der Waals surface area (Å²) in [4.78, 5) is 14.3. The second-order valence-corrected chi connectivity index (χ2v) is 5.18. The zero-order valence-corrected chi connectivity index (χ0v) is 11.9. The first-order valence-corrected chi connectivity index (χ1v) is 7.02. The molecule has 98 valence electrons. The number of halogens is 1. The van der Waals surface area contributed by atoms with Gasteiger partial charge in [-0.15, -0.1) is 0 Å². The van der Waals surface area contributed by atoms with Gasteiger partial charge < -0.3 is 10.6 Å². The lowest BCUT2D eigenvalue weighted by Crippen LogP contribution is -2.46. The molecule has 2 N–H and O–H groups in total. The van der Waals surface area contributed by atoms with Crippen LogP contribution < -0.4 is 10.6 Å². The highest BCUT2D eigenvalue weighted by Gasteiger charge is 2.11. The van der Waals surface area contributed by atoms with Gasteiger partial charge in [-0.1, -0.05) is 12.1 Å². The fourth-order valence-corrected chi connectivity index (χ4v) is 2.47. The standard InChI is InChI=1S/C13H18BrN3O/c14-12-4-2-1-3-11(12)13(18)16-7-10-17-8-5-15-6-9-17/h1-4,15H,5-10H2,(H,16,18). The molecule has 1 fully saturated rings. The predicted molar refractivity (Wildman–Crippen MR) is 75.8 cm³/mol. The Morgan fingerprint density at radius 1 is 1.33 bits per heavy atom. The van der Waals surface area contributed by atoms with Crippen molar-refractivity contribution in [1.82, 2.24) is 15.5 Å². The molecule has 18 heavy (non-hydrogen) atoms. The fourth-order valence-electron chi connectivity index (χ4n) is 2.00. The number of piperazine rings is 1. The Morgan fingerprint density at radius 2 is 2.06 bits per heavy atom. The minimum Gasteiger partial charge on any atom is -0.351 e. The molecular weight excluding hydrogens is 294 g/mol. The maximum absolute atomic E-state index is 11.9. The summed E-state index contributed by atoms with van der Waals surface area (Å²) in [7, 11) is 0. The lowest BCUT2D eigenvalue weighted by Gasteiger charge is -2.27. The van der Waals surface area contributed by atoms with Gasteiger partial charge in [0.1, 0.15) is 0 Å². The molecule has 1 saturated heterocycles. The third-order valence-corrected chi connectivity index (χ3v) is 3.73. The summed E-state index contributed by atoms with van der Waals surface area (Å²) in [5.41, 5.74) is 0.692. The summed E-state index contributed by atoms with van der Waals surface area (Å²) < 4.78 is 0.838. The van der Waals surface area contributed by atoms with Gasteiger partial charge in [-0.25, -0.2) is 0 Å². The molecule has 1 aromatic carbocycles.